The smallest absolute Gasteiger partial charge is 0.257 e. The van der Waals surface area contributed by atoms with Crippen LogP contribution in [0.2, 0.25) is 0 Å². The number of hydrazone groups is 1. The van der Waals surface area contributed by atoms with E-state index in [2.05, 4.69) is 5.10 Å². The Morgan fingerprint density at radius 1 is 1.21 bits per heavy atom. The summed E-state index contributed by atoms with van der Waals surface area (Å²) in [5, 5.41) is 6.17. The number of furan rings is 1. The quantitative estimate of drug-likeness (QED) is 0.844. The third-order valence-electron chi connectivity index (χ3n) is 5.70. The SMILES string of the molecule is Cc1ccc(C2=NN(C(=O)CN3CCCCC3C(N)=O)C(c3ccco3)C2)cc1. The zero-order chi connectivity index (χ0) is 20.4. The molecule has 2 aromatic rings. The molecule has 1 saturated heterocycles. The van der Waals surface area contributed by atoms with Gasteiger partial charge < -0.3 is 10.2 Å². The third-order valence-corrected chi connectivity index (χ3v) is 5.70. The van der Waals surface area contributed by atoms with Crippen LogP contribution in [0.3, 0.4) is 0 Å². The number of carbonyl (C=O) groups excluding carboxylic acids is 2. The summed E-state index contributed by atoms with van der Waals surface area (Å²) in [4.78, 5) is 26.9. The van der Waals surface area contributed by atoms with E-state index in [9.17, 15) is 9.59 Å². The van der Waals surface area contributed by atoms with Crippen molar-refractivity contribution in [2.75, 3.05) is 13.1 Å². The van der Waals surface area contributed by atoms with Gasteiger partial charge in [0.05, 0.1) is 24.6 Å². The number of nitrogens with zero attached hydrogens (tertiary/aromatic N) is 3. The Balaban J connectivity index is 1.58. The van der Waals surface area contributed by atoms with Gasteiger partial charge in [-0.3, -0.25) is 14.5 Å². The van der Waals surface area contributed by atoms with Crippen LogP contribution >= 0.6 is 0 Å². The summed E-state index contributed by atoms with van der Waals surface area (Å²) >= 11 is 0. The lowest BCUT2D eigenvalue weighted by Crippen LogP contribution is -2.51. The van der Waals surface area contributed by atoms with E-state index < -0.39 is 6.04 Å². The highest BCUT2D eigenvalue weighted by molar-refractivity contribution is 6.03. The summed E-state index contributed by atoms with van der Waals surface area (Å²) < 4.78 is 5.60. The van der Waals surface area contributed by atoms with E-state index in [1.54, 1.807) is 6.26 Å². The van der Waals surface area contributed by atoms with Crippen molar-refractivity contribution in [3.05, 3.63) is 59.5 Å². The first-order valence-corrected chi connectivity index (χ1v) is 10.1. The minimum Gasteiger partial charge on any atom is -0.467 e. The number of primary amides is 1. The number of amides is 2. The highest BCUT2D eigenvalue weighted by Gasteiger charge is 2.37. The normalized spacial score (nSPS) is 22.5. The predicted molar refractivity (Wildman–Crippen MR) is 109 cm³/mol. The number of rotatable bonds is 5. The molecule has 4 rings (SSSR count). The number of likely N-dealkylation sites (tertiary alicyclic amines) is 1. The lowest BCUT2D eigenvalue weighted by molar-refractivity contribution is -0.137. The van der Waals surface area contributed by atoms with Crippen LogP contribution in [0.5, 0.6) is 0 Å². The molecule has 2 amide bonds. The van der Waals surface area contributed by atoms with Gasteiger partial charge in [0.1, 0.15) is 11.8 Å². The fourth-order valence-electron chi connectivity index (χ4n) is 4.11. The summed E-state index contributed by atoms with van der Waals surface area (Å²) in [6.07, 6.45) is 4.79. The summed E-state index contributed by atoms with van der Waals surface area (Å²) in [6.45, 7) is 2.85. The molecule has 2 atom stereocenters. The van der Waals surface area contributed by atoms with Crippen LogP contribution in [0.25, 0.3) is 0 Å². The Bertz CT molecular complexity index is 905. The highest BCUT2D eigenvalue weighted by Crippen LogP contribution is 2.33. The molecule has 2 aliphatic heterocycles. The van der Waals surface area contributed by atoms with Crippen molar-refractivity contribution >= 4 is 17.5 Å². The van der Waals surface area contributed by atoms with Gasteiger partial charge in [0.2, 0.25) is 5.91 Å². The van der Waals surface area contributed by atoms with Crippen LogP contribution in [-0.4, -0.2) is 46.6 Å². The van der Waals surface area contributed by atoms with Crippen molar-refractivity contribution < 1.29 is 14.0 Å². The van der Waals surface area contributed by atoms with Gasteiger partial charge >= 0.3 is 0 Å². The first-order valence-electron chi connectivity index (χ1n) is 10.1. The molecule has 152 valence electrons. The first-order chi connectivity index (χ1) is 14.0. The predicted octanol–water partition coefficient (Wildman–Crippen LogP) is 2.61. The van der Waals surface area contributed by atoms with Gasteiger partial charge in [-0.1, -0.05) is 36.2 Å². The molecule has 0 bridgehead atoms. The van der Waals surface area contributed by atoms with Crippen molar-refractivity contribution in [1.29, 1.82) is 0 Å². The molecule has 0 saturated carbocycles. The van der Waals surface area contributed by atoms with E-state index in [-0.39, 0.29) is 24.4 Å². The van der Waals surface area contributed by atoms with Crippen LogP contribution in [-0.2, 0) is 9.59 Å². The number of nitrogens with two attached hydrogens (primary N) is 1. The second kappa shape index (κ2) is 8.21. The van der Waals surface area contributed by atoms with Gasteiger partial charge in [0, 0.05) is 6.42 Å². The van der Waals surface area contributed by atoms with E-state index in [1.807, 2.05) is 48.2 Å². The minimum atomic E-state index is -0.391. The van der Waals surface area contributed by atoms with Gasteiger partial charge in [-0.15, -0.1) is 0 Å². The van der Waals surface area contributed by atoms with Crippen molar-refractivity contribution in [3.63, 3.8) is 0 Å². The Morgan fingerprint density at radius 3 is 2.69 bits per heavy atom. The number of hydrogen-bond donors (Lipinski definition) is 1. The van der Waals surface area contributed by atoms with Gasteiger partial charge in [-0.05, 0) is 44.0 Å². The average molecular weight is 394 g/mol. The van der Waals surface area contributed by atoms with Crippen LogP contribution in [0, 0.1) is 6.92 Å². The molecular weight excluding hydrogens is 368 g/mol. The number of benzene rings is 1. The second-order valence-electron chi connectivity index (χ2n) is 7.77. The number of hydrogen-bond acceptors (Lipinski definition) is 5. The van der Waals surface area contributed by atoms with Gasteiger partial charge in [0.25, 0.3) is 5.91 Å². The number of aryl methyl sites for hydroxylation is 1. The second-order valence-corrected chi connectivity index (χ2v) is 7.77. The minimum absolute atomic E-state index is 0.121. The lowest BCUT2D eigenvalue weighted by atomic mass is 10.0. The zero-order valence-corrected chi connectivity index (χ0v) is 16.6. The summed E-state index contributed by atoms with van der Waals surface area (Å²) in [7, 11) is 0. The third kappa shape index (κ3) is 4.10. The molecular formula is C22H26N4O3. The van der Waals surface area contributed by atoms with E-state index in [0.29, 0.717) is 25.1 Å². The fraction of sp³-hybridized carbons (Fsp3) is 0.409. The Hall–Kier alpha value is -2.93. The van der Waals surface area contributed by atoms with Crippen LogP contribution in [0.4, 0.5) is 0 Å². The highest BCUT2D eigenvalue weighted by atomic mass is 16.3. The molecule has 0 radical (unpaired) electrons. The standard InChI is InChI=1S/C22H26N4O3/c1-15-7-9-16(10-8-15)17-13-19(20-6-4-12-29-20)26(24-17)21(27)14-25-11-3-2-5-18(25)22(23)28/h4,6-10,12,18-19H,2-3,5,11,13-14H2,1H3,(H2,23,28). The first kappa shape index (κ1) is 19.4. The van der Waals surface area contributed by atoms with E-state index in [1.165, 1.54) is 10.6 Å². The number of piperidine rings is 1. The van der Waals surface area contributed by atoms with E-state index in [0.717, 1.165) is 24.1 Å². The van der Waals surface area contributed by atoms with Crippen LogP contribution in [0.1, 0.15) is 48.6 Å². The van der Waals surface area contributed by atoms with Crippen molar-refractivity contribution in [1.82, 2.24) is 9.91 Å². The summed E-state index contributed by atoms with van der Waals surface area (Å²) in [5.41, 5.74) is 8.57. The molecule has 1 fully saturated rings. The Morgan fingerprint density at radius 2 is 2.00 bits per heavy atom. The van der Waals surface area contributed by atoms with Crippen LogP contribution < -0.4 is 5.73 Å². The van der Waals surface area contributed by atoms with E-state index >= 15 is 0 Å². The molecule has 3 heterocycles. The van der Waals surface area contributed by atoms with Gasteiger partial charge in [-0.25, -0.2) is 5.01 Å². The lowest BCUT2D eigenvalue weighted by Gasteiger charge is -2.34. The topological polar surface area (TPSA) is 92.1 Å². The molecule has 2 unspecified atom stereocenters. The van der Waals surface area contributed by atoms with Gasteiger partial charge in [0.15, 0.2) is 0 Å². The molecule has 1 aromatic heterocycles. The molecule has 29 heavy (non-hydrogen) atoms. The average Bonchev–Trinajstić information content (AvgIpc) is 3.38. The molecule has 0 aliphatic carbocycles. The molecule has 0 spiro atoms. The maximum atomic E-state index is 13.2. The monoisotopic (exact) mass is 394 g/mol. The van der Waals surface area contributed by atoms with Crippen LogP contribution in [0.15, 0.2) is 52.2 Å². The van der Waals surface area contributed by atoms with Crippen molar-refractivity contribution in [2.45, 2.75) is 44.7 Å². The fourth-order valence-corrected chi connectivity index (χ4v) is 4.11. The molecule has 7 nitrogen and oxygen atoms in total. The molecule has 2 aliphatic rings. The maximum absolute atomic E-state index is 13.2. The molecule has 1 aromatic carbocycles. The summed E-state index contributed by atoms with van der Waals surface area (Å²) in [5.74, 6) is 0.182. The van der Waals surface area contributed by atoms with Crippen molar-refractivity contribution in [3.8, 4) is 0 Å². The Labute approximate surface area is 170 Å². The maximum Gasteiger partial charge on any atom is 0.257 e. The van der Waals surface area contributed by atoms with Crippen molar-refractivity contribution in [2.24, 2.45) is 10.8 Å². The number of carbonyl (C=O) groups is 2. The Kier molecular flexibility index (Phi) is 5.49. The summed E-state index contributed by atoms with van der Waals surface area (Å²) in [6, 6.07) is 11.1. The van der Waals surface area contributed by atoms with Gasteiger partial charge in [-0.2, -0.15) is 5.10 Å². The molecule has 2 N–H and O–H groups in total. The van der Waals surface area contributed by atoms with E-state index in [4.69, 9.17) is 10.2 Å². The zero-order valence-electron chi connectivity index (χ0n) is 16.6. The molecule has 7 heteroatoms. The largest absolute Gasteiger partial charge is 0.467 e.